The molecule has 1 N–H and O–H groups in total. The van der Waals surface area contributed by atoms with Crippen LogP contribution < -0.4 is 14.8 Å². The molecule has 1 amide bonds. The van der Waals surface area contributed by atoms with Crippen molar-refractivity contribution in [3.05, 3.63) is 47.7 Å². The second-order valence-corrected chi connectivity index (χ2v) is 4.19. The number of nitrogens with one attached hydrogen (secondary N) is 1. The standard InChI is InChI=1S/C15H16N2O3/c1-10-5-4-8-16-14(10)17-15(18)12-9-11(19-2)6-7-13(12)20-3/h4-9H,1-3H3,(H,16,17,18). The number of pyridine rings is 1. The van der Waals surface area contributed by atoms with Crippen molar-refractivity contribution in [2.75, 3.05) is 19.5 Å². The number of rotatable bonds is 4. The average molecular weight is 272 g/mol. The zero-order valence-corrected chi connectivity index (χ0v) is 11.6. The predicted molar refractivity (Wildman–Crippen MR) is 76.5 cm³/mol. The number of aryl methyl sites for hydroxylation is 1. The second-order valence-electron chi connectivity index (χ2n) is 4.19. The first-order valence-electron chi connectivity index (χ1n) is 6.10. The van der Waals surface area contributed by atoms with Gasteiger partial charge in [0.1, 0.15) is 17.3 Å². The maximum atomic E-state index is 12.3. The maximum absolute atomic E-state index is 12.3. The minimum absolute atomic E-state index is 0.289. The summed E-state index contributed by atoms with van der Waals surface area (Å²) in [6.07, 6.45) is 1.63. The topological polar surface area (TPSA) is 60.5 Å². The Hall–Kier alpha value is -2.56. The largest absolute Gasteiger partial charge is 0.497 e. The molecule has 0 radical (unpaired) electrons. The number of hydrogen-bond acceptors (Lipinski definition) is 4. The van der Waals surface area contributed by atoms with Gasteiger partial charge in [0, 0.05) is 6.20 Å². The molecule has 0 aliphatic heterocycles. The highest BCUT2D eigenvalue weighted by molar-refractivity contribution is 6.06. The maximum Gasteiger partial charge on any atom is 0.260 e. The first-order valence-corrected chi connectivity index (χ1v) is 6.10. The fourth-order valence-corrected chi connectivity index (χ4v) is 1.78. The van der Waals surface area contributed by atoms with E-state index < -0.39 is 0 Å². The molecule has 0 unspecified atom stereocenters. The molecule has 1 aromatic heterocycles. The number of methoxy groups -OCH3 is 2. The highest BCUT2D eigenvalue weighted by Gasteiger charge is 2.15. The van der Waals surface area contributed by atoms with Crippen molar-refractivity contribution in [2.24, 2.45) is 0 Å². The van der Waals surface area contributed by atoms with E-state index in [9.17, 15) is 4.79 Å². The number of nitrogens with zero attached hydrogens (tertiary/aromatic N) is 1. The molecule has 0 fully saturated rings. The van der Waals surface area contributed by atoms with E-state index >= 15 is 0 Å². The lowest BCUT2D eigenvalue weighted by Gasteiger charge is -2.11. The molecule has 0 atom stereocenters. The molecule has 0 spiro atoms. The zero-order chi connectivity index (χ0) is 14.5. The van der Waals surface area contributed by atoms with Crippen LogP contribution in [0.4, 0.5) is 5.82 Å². The third-order valence-electron chi connectivity index (χ3n) is 2.89. The molecule has 0 saturated carbocycles. The Morgan fingerprint density at radius 1 is 1.20 bits per heavy atom. The van der Waals surface area contributed by atoms with Crippen LogP contribution in [0.25, 0.3) is 0 Å². The molecule has 0 aliphatic rings. The molecular weight excluding hydrogens is 256 g/mol. The van der Waals surface area contributed by atoms with Gasteiger partial charge in [-0.2, -0.15) is 0 Å². The van der Waals surface area contributed by atoms with Gasteiger partial charge in [0.2, 0.25) is 0 Å². The van der Waals surface area contributed by atoms with Crippen molar-refractivity contribution in [1.29, 1.82) is 0 Å². The molecular formula is C15H16N2O3. The van der Waals surface area contributed by atoms with Crippen molar-refractivity contribution >= 4 is 11.7 Å². The van der Waals surface area contributed by atoms with E-state index in [0.717, 1.165) is 5.56 Å². The summed E-state index contributed by atoms with van der Waals surface area (Å²) in [6, 6.07) is 8.76. The van der Waals surface area contributed by atoms with Crippen LogP contribution in [-0.2, 0) is 0 Å². The number of anilines is 1. The lowest BCUT2D eigenvalue weighted by molar-refractivity contribution is 0.102. The van der Waals surface area contributed by atoms with Gasteiger partial charge in [0.15, 0.2) is 0 Å². The van der Waals surface area contributed by atoms with Gasteiger partial charge >= 0.3 is 0 Å². The van der Waals surface area contributed by atoms with Crippen molar-refractivity contribution < 1.29 is 14.3 Å². The summed E-state index contributed by atoms with van der Waals surface area (Å²) in [5.74, 6) is 1.32. The van der Waals surface area contributed by atoms with Gasteiger partial charge in [-0.05, 0) is 36.8 Å². The molecule has 1 heterocycles. The van der Waals surface area contributed by atoms with E-state index in [4.69, 9.17) is 9.47 Å². The van der Waals surface area contributed by atoms with E-state index in [-0.39, 0.29) is 5.91 Å². The Labute approximate surface area is 117 Å². The van der Waals surface area contributed by atoms with Gasteiger partial charge in [0.25, 0.3) is 5.91 Å². The Balaban J connectivity index is 2.31. The van der Waals surface area contributed by atoms with Crippen molar-refractivity contribution in [2.45, 2.75) is 6.92 Å². The molecule has 2 rings (SSSR count). The number of amides is 1. The monoisotopic (exact) mass is 272 g/mol. The summed E-state index contributed by atoms with van der Waals surface area (Å²) in [5, 5.41) is 2.77. The lowest BCUT2D eigenvalue weighted by Crippen LogP contribution is -2.15. The predicted octanol–water partition coefficient (Wildman–Crippen LogP) is 2.66. The minimum Gasteiger partial charge on any atom is -0.497 e. The Morgan fingerprint density at radius 3 is 2.65 bits per heavy atom. The highest BCUT2D eigenvalue weighted by atomic mass is 16.5. The summed E-state index contributed by atoms with van der Waals surface area (Å²) in [7, 11) is 3.07. The summed E-state index contributed by atoms with van der Waals surface area (Å²) in [4.78, 5) is 16.5. The molecule has 104 valence electrons. The smallest absolute Gasteiger partial charge is 0.260 e. The van der Waals surface area contributed by atoms with Crippen LogP contribution in [0.3, 0.4) is 0 Å². The van der Waals surface area contributed by atoms with Gasteiger partial charge < -0.3 is 14.8 Å². The molecule has 0 aliphatic carbocycles. The third-order valence-corrected chi connectivity index (χ3v) is 2.89. The first kappa shape index (κ1) is 13.9. The number of hydrogen-bond donors (Lipinski definition) is 1. The zero-order valence-electron chi connectivity index (χ0n) is 11.6. The number of benzene rings is 1. The molecule has 1 aromatic carbocycles. The van der Waals surface area contributed by atoms with Crippen LogP contribution in [0.2, 0.25) is 0 Å². The molecule has 5 nitrogen and oxygen atoms in total. The Bertz CT molecular complexity index is 626. The van der Waals surface area contributed by atoms with E-state index in [2.05, 4.69) is 10.3 Å². The van der Waals surface area contributed by atoms with Gasteiger partial charge in [-0.1, -0.05) is 6.07 Å². The number of carbonyl (C=O) groups excluding carboxylic acids is 1. The van der Waals surface area contributed by atoms with Crippen molar-refractivity contribution in [3.63, 3.8) is 0 Å². The molecule has 0 bridgehead atoms. The molecule has 0 saturated heterocycles. The van der Waals surface area contributed by atoms with E-state index in [1.165, 1.54) is 7.11 Å². The fourth-order valence-electron chi connectivity index (χ4n) is 1.78. The van der Waals surface area contributed by atoms with Crippen LogP contribution in [-0.4, -0.2) is 25.1 Å². The lowest BCUT2D eigenvalue weighted by atomic mass is 10.1. The normalized spacial score (nSPS) is 9.95. The Morgan fingerprint density at radius 2 is 2.00 bits per heavy atom. The van der Waals surface area contributed by atoms with Crippen LogP contribution >= 0.6 is 0 Å². The van der Waals surface area contributed by atoms with E-state index in [1.54, 1.807) is 31.5 Å². The molecule has 20 heavy (non-hydrogen) atoms. The fraction of sp³-hybridized carbons (Fsp3) is 0.200. The van der Waals surface area contributed by atoms with E-state index in [0.29, 0.717) is 22.9 Å². The highest BCUT2D eigenvalue weighted by Crippen LogP contribution is 2.25. The summed E-state index contributed by atoms with van der Waals surface area (Å²) >= 11 is 0. The summed E-state index contributed by atoms with van der Waals surface area (Å²) < 4.78 is 10.3. The molecule has 5 heteroatoms. The quantitative estimate of drug-likeness (QED) is 0.929. The van der Waals surface area contributed by atoms with Gasteiger partial charge in [-0.25, -0.2) is 4.98 Å². The van der Waals surface area contributed by atoms with Gasteiger partial charge in [-0.15, -0.1) is 0 Å². The first-order chi connectivity index (χ1) is 9.65. The minimum atomic E-state index is -0.289. The van der Waals surface area contributed by atoms with E-state index in [1.807, 2.05) is 19.1 Å². The van der Waals surface area contributed by atoms with Crippen molar-refractivity contribution in [3.8, 4) is 11.5 Å². The number of carbonyl (C=O) groups is 1. The summed E-state index contributed by atoms with van der Waals surface area (Å²) in [5.41, 5.74) is 1.29. The second kappa shape index (κ2) is 6.06. The number of aromatic nitrogens is 1. The van der Waals surface area contributed by atoms with Gasteiger partial charge in [0.05, 0.1) is 19.8 Å². The van der Waals surface area contributed by atoms with Gasteiger partial charge in [-0.3, -0.25) is 4.79 Å². The molecule has 2 aromatic rings. The SMILES string of the molecule is COc1ccc(OC)c(C(=O)Nc2ncccc2C)c1. The Kier molecular flexibility index (Phi) is 4.20. The average Bonchev–Trinajstić information content (AvgIpc) is 2.48. The van der Waals surface area contributed by atoms with Crippen LogP contribution in [0.1, 0.15) is 15.9 Å². The number of ether oxygens (including phenoxy) is 2. The van der Waals surface area contributed by atoms with Crippen LogP contribution in [0.5, 0.6) is 11.5 Å². The van der Waals surface area contributed by atoms with Crippen molar-refractivity contribution in [1.82, 2.24) is 4.98 Å². The summed E-state index contributed by atoms with van der Waals surface area (Å²) in [6.45, 7) is 1.88. The third kappa shape index (κ3) is 2.88. The van der Waals surface area contributed by atoms with Crippen LogP contribution in [0, 0.1) is 6.92 Å². The van der Waals surface area contributed by atoms with Crippen LogP contribution in [0.15, 0.2) is 36.5 Å².